The Morgan fingerprint density at radius 1 is 0.400 bits per heavy atom. The molecule has 2 heterocycles. The van der Waals surface area contributed by atoms with Gasteiger partial charge in [-0.2, -0.15) is 0 Å². The molecule has 2 fully saturated rings. The topological polar surface area (TPSA) is 60.8 Å². The summed E-state index contributed by atoms with van der Waals surface area (Å²) in [5.74, 6) is 4.38. The van der Waals surface area contributed by atoms with Crippen LogP contribution in [0, 0.1) is 23.7 Å². The van der Waals surface area contributed by atoms with E-state index in [1.54, 1.807) is 0 Å². The van der Waals surface area contributed by atoms with Crippen LogP contribution in [0.25, 0.3) is 22.8 Å². The Labute approximate surface area is 397 Å². The van der Waals surface area contributed by atoms with E-state index in [9.17, 15) is 0 Å². The number of hydrogen-bond acceptors (Lipinski definition) is 5. The van der Waals surface area contributed by atoms with Gasteiger partial charge in [0.25, 0.3) is 0 Å². The molecule has 0 N–H and O–H groups in total. The number of unbranched alkanes of at least 4 members (excludes halogenated alkanes) is 14. The van der Waals surface area contributed by atoms with Gasteiger partial charge >= 0.3 is 0 Å². The first-order valence-electron chi connectivity index (χ1n) is 27.6. The first-order chi connectivity index (χ1) is 32.1. The Balaban J connectivity index is 1.22. The summed E-state index contributed by atoms with van der Waals surface area (Å²) in [6.07, 6.45) is 47.4. The fraction of sp³-hybridized carbons (Fsp3) is 0.667. The highest BCUT2D eigenvalue weighted by Gasteiger charge is 2.36. The van der Waals surface area contributed by atoms with E-state index in [2.05, 4.69) is 76.2 Å². The van der Waals surface area contributed by atoms with Crippen molar-refractivity contribution in [3.63, 3.8) is 0 Å². The first kappa shape index (κ1) is 51.0. The summed E-state index contributed by atoms with van der Waals surface area (Å²) in [5.41, 5.74) is 7.28. The Hall–Kier alpha value is -3.44. The van der Waals surface area contributed by atoms with Gasteiger partial charge in [0.2, 0.25) is 0 Å². The minimum absolute atomic E-state index is 0.0511. The van der Waals surface area contributed by atoms with Gasteiger partial charge in [0, 0.05) is 35.9 Å². The van der Waals surface area contributed by atoms with Crippen LogP contribution in [0.3, 0.4) is 0 Å². The number of benzene rings is 2. The highest BCUT2D eigenvalue weighted by molar-refractivity contribution is 5.56. The third kappa shape index (κ3) is 17.0. The Kier molecular flexibility index (Phi) is 23.0. The van der Waals surface area contributed by atoms with Crippen LogP contribution in [0.15, 0.2) is 73.3 Å². The monoisotopic (exact) mass is 883 g/mol. The van der Waals surface area contributed by atoms with Gasteiger partial charge in [-0.1, -0.05) is 217 Å². The minimum atomic E-state index is 0.0511. The van der Waals surface area contributed by atoms with Crippen LogP contribution < -0.4 is 0 Å². The molecule has 4 aromatic rings. The number of aryl methyl sites for hydroxylation is 2. The Bertz CT molecular complexity index is 1670. The lowest BCUT2D eigenvalue weighted by atomic mass is 9.74. The van der Waals surface area contributed by atoms with E-state index >= 15 is 0 Å². The van der Waals surface area contributed by atoms with Crippen molar-refractivity contribution in [2.24, 2.45) is 23.7 Å². The molecule has 356 valence electrons. The summed E-state index contributed by atoms with van der Waals surface area (Å²) in [7, 11) is 0. The molecular weight excluding hydrogens is 793 g/mol. The quantitative estimate of drug-likeness (QED) is 0.0488. The molecule has 0 radical (unpaired) electrons. The zero-order valence-corrected chi connectivity index (χ0v) is 41.8. The molecule has 6 rings (SSSR count). The van der Waals surface area contributed by atoms with Gasteiger partial charge in [0.1, 0.15) is 0 Å². The number of aromatic nitrogens is 4. The van der Waals surface area contributed by atoms with Gasteiger partial charge < -0.3 is 4.74 Å². The number of rotatable bonds is 30. The van der Waals surface area contributed by atoms with Crippen LogP contribution in [0.1, 0.15) is 242 Å². The van der Waals surface area contributed by atoms with E-state index in [0.29, 0.717) is 11.8 Å². The lowest BCUT2D eigenvalue weighted by molar-refractivity contribution is -0.0907. The maximum Gasteiger partial charge on any atom is 0.159 e. The molecule has 5 nitrogen and oxygen atoms in total. The summed E-state index contributed by atoms with van der Waals surface area (Å²) in [6, 6.07) is 18.4. The molecule has 0 saturated heterocycles. The van der Waals surface area contributed by atoms with Crippen LogP contribution in [0.2, 0.25) is 0 Å². The molecular formula is C60H90N4O. The van der Waals surface area contributed by atoms with Crippen molar-refractivity contribution in [3.8, 4) is 22.8 Å². The zero-order valence-electron chi connectivity index (χ0n) is 41.8. The maximum absolute atomic E-state index is 7.79. The van der Waals surface area contributed by atoms with Crippen LogP contribution in [0.5, 0.6) is 0 Å². The SMILES string of the molecule is CCCCCCC[C@H]1CC[C@H](C(OC(c2ccc(-c3ncc(CCCCCC)cn3)cc2)[C@H]2CC[C@H](CCCCCCC)CC2)c2ccc(-c3ncc(CCCCCC)cn3)cc2)CC1. The second-order valence-corrected chi connectivity index (χ2v) is 20.6. The van der Waals surface area contributed by atoms with Crippen molar-refractivity contribution in [1.29, 1.82) is 0 Å². The lowest BCUT2D eigenvalue weighted by Gasteiger charge is -2.40. The molecule has 2 unspecified atom stereocenters. The number of ether oxygens (including phenoxy) is 1. The standard InChI is InChI=1S/C60H90N4O/c1-5-9-13-17-21-23-47-27-31-51(32-28-47)57(53-35-39-55(40-36-53)59-61-43-49(44-62-59)25-19-15-11-7-3)65-58(52-33-29-48(30-34-52)24-22-18-14-10-6-2)54-37-41-56(42-38-54)60-63-45-50(46-64-60)26-20-16-12-8-4/h35-48,51-52,57-58H,5-34H2,1-4H3/t47-,48-,51-,52-,57?,58?. The van der Waals surface area contributed by atoms with E-state index in [1.807, 2.05) is 24.8 Å². The van der Waals surface area contributed by atoms with E-state index in [-0.39, 0.29) is 12.2 Å². The zero-order chi connectivity index (χ0) is 45.3. The average Bonchev–Trinajstić information content (AvgIpc) is 3.36. The smallest absolute Gasteiger partial charge is 0.159 e. The van der Waals surface area contributed by atoms with Crippen LogP contribution >= 0.6 is 0 Å². The van der Waals surface area contributed by atoms with Crippen LogP contribution in [-0.2, 0) is 17.6 Å². The second-order valence-electron chi connectivity index (χ2n) is 20.6. The molecule has 0 aliphatic heterocycles. The van der Waals surface area contributed by atoms with Crippen molar-refractivity contribution in [1.82, 2.24) is 19.9 Å². The normalized spacial score (nSPS) is 19.9. The van der Waals surface area contributed by atoms with E-state index in [0.717, 1.165) is 47.5 Å². The first-order valence-corrected chi connectivity index (χ1v) is 27.6. The molecule has 0 bridgehead atoms. The molecule has 2 saturated carbocycles. The molecule has 65 heavy (non-hydrogen) atoms. The van der Waals surface area contributed by atoms with Gasteiger partial charge in [-0.3, -0.25) is 0 Å². The molecule has 2 aliphatic carbocycles. The Morgan fingerprint density at radius 2 is 0.723 bits per heavy atom. The molecule has 2 atom stereocenters. The number of nitrogens with zero attached hydrogens (tertiary/aromatic N) is 4. The summed E-state index contributed by atoms with van der Waals surface area (Å²) < 4.78 is 7.79. The van der Waals surface area contributed by atoms with Crippen LogP contribution in [-0.4, -0.2) is 19.9 Å². The summed E-state index contributed by atoms with van der Waals surface area (Å²) in [5, 5.41) is 0. The van der Waals surface area contributed by atoms with Crippen molar-refractivity contribution in [3.05, 3.63) is 95.6 Å². The molecule has 2 aromatic carbocycles. The third-order valence-corrected chi connectivity index (χ3v) is 15.4. The molecule has 2 aromatic heterocycles. The van der Waals surface area contributed by atoms with E-state index in [1.165, 1.54) is 202 Å². The minimum Gasteiger partial charge on any atom is -0.365 e. The molecule has 5 heteroatoms. The maximum atomic E-state index is 7.79. The molecule has 2 aliphatic rings. The summed E-state index contributed by atoms with van der Waals surface area (Å²) >= 11 is 0. The van der Waals surface area contributed by atoms with Gasteiger partial charge in [-0.25, -0.2) is 19.9 Å². The second kappa shape index (κ2) is 29.3. The van der Waals surface area contributed by atoms with E-state index in [4.69, 9.17) is 24.7 Å². The van der Waals surface area contributed by atoms with Gasteiger partial charge in [-0.05, 0) is 97.3 Å². The van der Waals surface area contributed by atoms with Crippen LogP contribution in [0.4, 0.5) is 0 Å². The highest BCUT2D eigenvalue weighted by Crippen LogP contribution is 2.47. The van der Waals surface area contributed by atoms with Crippen molar-refractivity contribution >= 4 is 0 Å². The van der Waals surface area contributed by atoms with Crippen molar-refractivity contribution < 1.29 is 4.74 Å². The van der Waals surface area contributed by atoms with Gasteiger partial charge in [0.05, 0.1) is 12.2 Å². The fourth-order valence-electron chi connectivity index (χ4n) is 11.1. The predicted octanol–water partition coefficient (Wildman–Crippen LogP) is 18.0. The van der Waals surface area contributed by atoms with Gasteiger partial charge in [0.15, 0.2) is 11.6 Å². The molecule has 0 amide bonds. The molecule has 0 spiro atoms. The average molecular weight is 883 g/mol. The van der Waals surface area contributed by atoms with Gasteiger partial charge in [-0.15, -0.1) is 0 Å². The highest BCUT2D eigenvalue weighted by atomic mass is 16.5. The van der Waals surface area contributed by atoms with Crippen molar-refractivity contribution in [2.75, 3.05) is 0 Å². The third-order valence-electron chi connectivity index (χ3n) is 15.4. The van der Waals surface area contributed by atoms with E-state index < -0.39 is 0 Å². The predicted molar refractivity (Wildman–Crippen MR) is 275 cm³/mol. The summed E-state index contributed by atoms with van der Waals surface area (Å²) in [4.78, 5) is 19.4. The summed E-state index contributed by atoms with van der Waals surface area (Å²) in [6.45, 7) is 9.18. The fourth-order valence-corrected chi connectivity index (χ4v) is 11.1. The van der Waals surface area contributed by atoms with Crippen molar-refractivity contribution in [2.45, 2.75) is 233 Å². The number of hydrogen-bond donors (Lipinski definition) is 0. The largest absolute Gasteiger partial charge is 0.365 e. The Morgan fingerprint density at radius 3 is 1.06 bits per heavy atom. The lowest BCUT2D eigenvalue weighted by Crippen LogP contribution is -2.28.